The lowest BCUT2D eigenvalue weighted by molar-refractivity contribution is -0.384. The number of amides is 1. The zero-order chi connectivity index (χ0) is 17.8. The summed E-state index contributed by atoms with van der Waals surface area (Å²) in [6.45, 7) is 0. The Morgan fingerprint density at radius 1 is 1.16 bits per heavy atom. The quantitative estimate of drug-likeness (QED) is 0.390. The highest BCUT2D eigenvalue weighted by Crippen LogP contribution is 2.24. The van der Waals surface area contributed by atoms with Gasteiger partial charge in [0.1, 0.15) is 0 Å². The van der Waals surface area contributed by atoms with Gasteiger partial charge < -0.3 is 8.83 Å². The lowest BCUT2D eigenvalue weighted by atomic mass is 10.2. The van der Waals surface area contributed by atoms with Gasteiger partial charge in [-0.2, -0.15) is 0 Å². The van der Waals surface area contributed by atoms with Gasteiger partial charge in [-0.05, 0) is 51.8 Å². The highest BCUT2D eigenvalue weighted by atomic mass is 79.9. The molecular formula is C15H9BrN4O5. The van der Waals surface area contributed by atoms with Crippen molar-refractivity contribution in [1.29, 1.82) is 0 Å². The van der Waals surface area contributed by atoms with E-state index in [1.807, 2.05) is 0 Å². The molecule has 0 fully saturated rings. The number of nitro groups is 1. The van der Waals surface area contributed by atoms with Gasteiger partial charge in [-0.15, -0.1) is 5.10 Å². The number of carbonyl (C=O) groups is 1. The third-order valence-electron chi connectivity index (χ3n) is 2.97. The summed E-state index contributed by atoms with van der Waals surface area (Å²) < 4.78 is 11.0. The minimum atomic E-state index is -0.495. The van der Waals surface area contributed by atoms with Crippen LogP contribution in [0.25, 0.3) is 17.7 Å². The third-order valence-corrected chi connectivity index (χ3v) is 3.40. The van der Waals surface area contributed by atoms with Crippen LogP contribution >= 0.6 is 15.9 Å². The van der Waals surface area contributed by atoms with Crippen LogP contribution in [0, 0.1) is 10.1 Å². The number of nitro benzene ring substituents is 1. The van der Waals surface area contributed by atoms with Crippen molar-refractivity contribution in [3.63, 3.8) is 0 Å². The fraction of sp³-hybridized carbons (Fsp3) is 0. The van der Waals surface area contributed by atoms with E-state index in [1.165, 1.54) is 36.4 Å². The van der Waals surface area contributed by atoms with Gasteiger partial charge >= 0.3 is 6.01 Å². The summed E-state index contributed by atoms with van der Waals surface area (Å²) in [6.07, 6.45) is 2.74. The van der Waals surface area contributed by atoms with Crippen LogP contribution in [-0.2, 0) is 4.79 Å². The Hall–Kier alpha value is -3.27. The molecule has 0 saturated heterocycles. The number of rotatable bonds is 5. The monoisotopic (exact) mass is 404 g/mol. The molecule has 9 nitrogen and oxygen atoms in total. The molecule has 1 amide bonds. The first-order chi connectivity index (χ1) is 12.0. The van der Waals surface area contributed by atoms with Crippen molar-refractivity contribution in [2.45, 2.75) is 0 Å². The number of anilines is 1. The molecule has 0 aliphatic heterocycles. The second-order valence-electron chi connectivity index (χ2n) is 4.69. The summed E-state index contributed by atoms with van der Waals surface area (Å²) >= 11 is 3.16. The van der Waals surface area contributed by atoms with Gasteiger partial charge in [0.15, 0.2) is 10.4 Å². The molecule has 25 heavy (non-hydrogen) atoms. The lowest BCUT2D eigenvalue weighted by Gasteiger charge is -1.95. The highest BCUT2D eigenvalue weighted by molar-refractivity contribution is 9.10. The Morgan fingerprint density at radius 3 is 2.56 bits per heavy atom. The van der Waals surface area contributed by atoms with Crippen molar-refractivity contribution in [1.82, 2.24) is 10.2 Å². The van der Waals surface area contributed by atoms with Gasteiger partial charge in [0, 0.05) is 18.2 Å². The number of hydrogen-bond donors (Lipinski definition) is 1. The first-order valence-electron chi connectivity index (χ1n) is 6.84. The van der Waals surface area contributed by atoms with E-state index in [-0.39, 0.29) is 17.6 Å². The zero-order valence-corrected chi connectivity index (χ0v) is 14.0. The predicted molar refractivity (Wildman–Crippen MR) is 90.5 cm³/mol. The maximum absolute atomic E-state index is 11.8. The van der Waals surface area contributed by atoms with Gasteiger partial charge in [0.2, 0.25) is 0 Å². The van der Waals surface area contributed by atoms with Gasteiger partial charge in [0.05, 0.1) is 4.92 Å². The molecule has 2 aromatic heterocycles. The number of carbonyl (C=O) groups excluding carboxylic acids is 1. The second-order valence-corrected chi connectivity index (χ2v) is 5.47. The Morgan fingerprint density at radius 2 is 1.92 bits per heavy atom. The maximum atomic E-state index is 11.8. The number of aromatic nitrogens is 2. The van der Waals surface area contributed by atoms with Gasteiger partial charge in [-0.25, -0.2) is 0 Å². The van der Waals surface area contributed by atoms with Gasteiger partial charge in [-0.3, -0.25) is 20.2 Å². The van der Waals surface area contributed by atoms with E-state index in [4.69, 9.17) is 8.83 Å². The van der Waals surface area contributed by atoms with Crippen LogP contribution in [0.4, 0.5) is 11.7 Å². The summed E-state index contributed by atoms with van der Waals surface area (Å²) in [6, 6.07) is 8.99. The molecule has 10 heteroatoms. The standard InChI is InChI=1S/C15H9BrN4O5/c16-12-7-6-11(24-12)14-18-19-15(25-14)17-13(21)8-3-9-1-4-10(5-2-9)20(22)23/h1-8H,(H,17,19,21). The largest absolute Gasteiger partial charge is 0.444 e. The molecule has 0 aliphatic rings. The highest BCUT2D eigenvalue weighted by Gasteiger charge is 2.13. The number of hydrogen-bond acceptors (Lipinski definition) is 7. The molecule has 126 valence electrons. The van der Waals surface area contributed by atoms with Crippen molar-refractivity contribution in [3.8, 4) is 11.7 Å². The summed E-state index contributed by atoms with van der Waals surface area (Å²) in [5, 5.41) is 20.4. The topological polar surface area (TPSA) is 124 Å². The van der Waals surface area contributed by atoms with Crippen LogP contribution in [-0.4, -0.2) is 21.0 Å². The summed E-state index contributed by atoms with van der Waals surface area (Å²) in [4.78, 5) is 21.9. The van der Waals surface area contributed by atoms with E-state index < -0.39 is 10.8 Å². The minimum Gasteiger partial charge on any atom is -0.444 e. The van der Waals surface area contributed by atoms with Crippen LogP contribution in [0.2, 0.25) is 0 Å². The molecule has 0 unspecified atom stereocenters. The Balaban J connectivity index is 1.62. The first kappa shape index (κ1) is 16.6. The number of furan rings is 1. The molecule has 3 aromatic rings. The van der Waals surface area contributed by atoms with Crippen molar-refractivity contribution < 1.29 is 18.6 Å². The Bertz CT molecular complexity index is 945. The molecule has 0 bridgehead atoms. The third kappa shape index (κ3) is 4.18. The average Bonchev–Trinajstić information content (AvgIpc) is 3.22. The number of non-ortho nitro benzene ring substituents is 1. The molecule has 0 aliphatic carbocycles. The molecule has 0 atom stereocenters. The van der Waals surface area contributed by atoms with E-state index in [1.54, 1.807) is 12.1 Å². The van der Waals surface area contributed by atoms with E-state index in [0.29, 0.717) is 16.0 Å². The van der Waals surface area contributed by atoms with Crippen molar-refractivity contribution >= 4 is 39.6 Å². The predicted octanol–water partition coefficient (Wildman–Crippen LogP) is 3.65. The Kier molecular flexibility index (Phi) is 4.70. The van der Waals surface area contributed by atoms with E-state index in [2.05, 4.69) is 31.4 Å². The molecule has 0 radical (unpaired) electrons. The number of nitrogens with zero attached hydrogens (tertiary/aromatic N) is 3. The zero-order valence-electron chi connectivity index (χ0n) is 12.4. The fourth-order valence-electron chi connectivity index (χ4n) is 1.83. The molecule has 0 spiro atoms. The summed E-state index contributed by atoms with van der Waals surface area (Å²) in [5.41, 5.74) is 0.608. The van der Waals surface area contributed by atoms with Crippen molar-refractivity contribution in [2.24, 2.45) is 0 Å². The molecule has 1 N–H and O–H groups in total. The molecule has 0 saturated carbocycles. The minimum absolute atomic E-state index is 0.0236. The van der Waals surface area contributed by atoms with Gasteiger partial charge in [0.25, 0.3) is 17.5 Å². The maximum Gasteiger partial charge on any atom is 0.322 e. The van der Waals surface area contributed by atoms with Crippen LogP contribution in [0.5, 0.6) is 0 Å². The second kappa shape index (κ2) is 7.09. The summed E-state index contributed by atoms with van der Waals surface area (Å²) in [5.74, 6) is -0.00387. The van der Waals surface area contributed by atoms with Crippen LogP contribution in [0.1, 0.15) is 5.56 Å². The number of nitrogens with one attached hydrogen (secondary N) is 1. The molecular weight excluding hydrogens is 396 g/mol. The lowest BCUT2D eigenvalue weighted by Crippen LogP contribution is -2.07. The van der Waals surface area contributed by atoms with E-state index >= 15 is 0 Å². The van der Waals surface area contributed by atoms with E-state index in [0.717, 1.165) is 0 Å². The van der Waals surface area contributed by atoms with Crippen LogP contribution in [0.3, 0.4) is 0 Å². The Labute approximate surface area is 148 Å². The SMILES string of the molecule is O=C(C=Cc1ccc([N+](=O)[O-])cc1)Nc1nnc(-c2ccc(Br)o2)o1. The van der Waals surface area contributed by atoms with Gasteiger partial charge in [-0.1, -0.05) is 5.10 Å². The van der Waals surface area contributed by atoms with Crippen molar-refractivity contribution in [2.75, 3.05) is 5.32 Å². The average molecular weight is 405 g/mol. The number of benzene rings is 1. The normalized spacial score (nSPS) is 10.9. The first-order valence-corrected chi connectivity index (χ1v) is 7.63. The molecule has 3 rings (SSSR count). The van der Waals surface area contributed by atoms with Crippen LogP contribution < -0.4 is 5.32 Å². The smallest absolute Gasteiger partial charge is 0.322 e. The fourth-order valence-corrected chi connectivity index (χ4v) is 2.14. The summed E-state index contributed by atoms with van der Waals surface area (Å²) in [7, 11) is 0. The van der Waals surface area contributed by atoms with Crippen LogP contribution in [0.15, 0.2) is 56.0 Å². The molecule has 1 aromatic carbocycles. The van der Waals surface area contributed by atoms with Crippen molar-refractivity contribution in [3.05, 3.63) is 62.8 Å². The van der Waals surface area contributed by atoms with E-state index in [9.17, 15) is 14.9 Å². The molecule has 2 heterocycles. The number of halogens is 1.